The third-order valence-electron chi connectivity index (χ3n) is 2.78. The van der Waals surface area contributed by atoms with Crippen molar-refractivity contribution in [2.45, 2.75) is 44.9 Å². The Bertz CT molecular complexity index is 385. The van der Waals surface area contributed by atoms with Crippen LogP contribution in [0.3, 0.4) is 0 Å². The quantitative estimate of drug-likeness (QED) is 0.434. The first-order valence-electron chi connectivity index (χ1n) is 6.00. The van der Waals surface area contributed by atoms with Crippen LogP contribution in [0.4, 0.5) is 0 Å². The molecule has 0 N–H and O–H groups in total. The van der Waals surface area contributed by atoms with E-state index >= 15 is 0 Å². The Hall–Kier alpha value is -1.33. The number of fused-ring (bicyclic) bond motifs is 1. The van der Waals surface area contributed by atoms with Gasteiger partial charge in [0.15, 0.2) is 5.79 Å². The Morgan fingerprint density at radius 1 is 1.50 bits per heavy atom. The molecule has 100 valence electrons. The Balaban J connectivity index is 2.18. The minimum atomic E-state index is -0.686. The van der Waals surface area contributed by atoms with Crippen molar-refractivity contribution in [2.24, 2.45) is 0 Å². The molecule has 0 aromatic rings. The second-order valence-corrected chi connectivity index (χ2v) is 4.64. The lowest BCUT2D eigenvalue weighted by Gasteiger charge is -2.20. The largest absolute Gasteiger partial charge is 0.485 e. The van der Waals surface area contributed by atoms with Gasteiger partial charge in [-0.1, -0.05) is 6.58 Å². The minimum absolute atomic E-state index is 0.266. The molecule has 0 bridgehead atoms. The fourth-order valence-electron chi connectivity index (χ4n) is 2.14. The lowest BCUT2D eigenvalue weighted by molar-refractivity contribution is -0.163. The van der Waals surface area contributed by atoms with Gasteiger partial charge in [0, 0.05) is 0 Å². The van der Waals surface area contributed by atoms with Gasteiger partial charge in [0.1, 0.15) is 24.1 Å². The Labute approximate surface area is 106 Å². The first-order valence-corrected chi connectivity index (χ1v) is 6.00. The van der Waals surface area contributed by atoms with Gasteiger partial charge in [-0.05, 0) is 26.8 Å². The smallest absolute Gasteiger partial charge is 0.334 e. The third-order valence-corrected chi connectivity index (χ3v) is 2.78. The van der Waals surface area contributed by atoms with Gasteiger partial charge in [0.05, 0.1) is 12.7 Å². The standard InChI is InChI=1S/C13H18O5/c1-5-8-11-12(18-13(3,4)17-11)9(16-8)7-10(14)15-6-2/h5,7-8,11-12H,1,6H2,2-4H3/b9-7+/t8-,11+,12-/m1/s1. The molecular formula is C13H18O5. The second-order valence-electron chi connectivity index (χ2n) is 4.64. The van der Waals surface area contributed by atoms with Crippen molar-refractivity contribution in [1.29, 1.82) is 0 Å². The van der Waals surface area contributed by atoms with E-state index in [4.69, 9.17) is 18.9 Å². The monoisotopic (exact) mass is 254 g/mol. The highest BCUT2D eigenvalue weighted by Gasteiger charge is 2.52. The number of ether oxygens (including phenoxy) is 4. The van der Waals surface area contributed by atoms with Gasteiger partial charge < -0.3 is 18.9 Å². The topological polar surface area (TPSA) is 54.0 Å². The fraction of sp³-hybridized carbons (Fsp3) is 0.615. The first kappa shape index (κ1) is 13.1. The van der Waals surface area contributed by atoms with Crippen LogP contribution in [0.2, 0.25) is 0 Å². The molecule has 5 nitrogen and oxygen atoms in total. The van der Waals surface area contributed by atoms with Crippen LogP contribution < -0.4 is 0 Å². The zero-order valence-electron chi connectivity index (χ0n) is 10.8. The molecule has 0 aromatic heterocycles. The molecule has 3 atom stereocenters. The van der Waals surface area contributed by atoms with Gasteiger partial charge in [-0.25, -0.2) is 4.79 Å². The maximum absolute atomic E-state index is 11.4. The molecule has 0 radical (unpaired) electrons. The Morgan fingerprint density at radius 3 is 2.83 bits per heavy atom. The summed E-state index contributed by atoms with van der Waals surface area (Å²) in [6, 6.07) is 0. The van der Waals surface area contributed by atoms with Crippen molar-refractivity contribution >= 4 is 5.97 Å². The van der Waals surface area contributed by atoms with E-state index in [1.54, 1.807) is 13.0 Å². The molecule has 0 unspecified atom stereocenters. The SMILES string of the molecule is C=C[C@H]1O/C(=C/C(=O)OCC)[C@H]2OC(C)(C)O[C@H]21. The van der Waals surface area contributed by atoms with E-state index in [0.29, 0.717) is 12.4 Å². The van der Waals surface area contributed by atoms with Crippen LogP contribution in [0.5, 0.6) is 0 Å². The van der Waals surface area contributed by atoms with Gasteiger partial charge in [-0.15, -0.1) is 0 Å². The highest BCUT2D eigenvalue weighted by atomic mass is 16.8. The molecule has 2 rings (SSSR count). The van der Waals surface area contributed by atoms with Crippen molar-refractivity contribution < 1.29 is 23.7 Å². The number of carbonyl (C=O) groups is 1. The molecule has 2 fully saturated rings. The molecular weight excluding hydrogens is 236 g/mol. The molecule has 0 aliphatic carbocycles. The van der Waals surface area contributed by atoms with Crippen molar-refractivity contribution in [2.75, 3.05) is 6.61 Å². The van der Waals surface area contributed by atoms with Gasteiger partial charge in [-0.2, -0.15) is 0 Å². The van der Waals surface area contributed by atoms with Crippen molar-refractivity contribution in [3.63, 3.8) is 0 Å². The van der Waals surface area contributed by atoms with E-state index in [0.717, 1.165) is 0 Å². The number of carbonyl (C=O) groups excluding carboxylic acids is 1. The van der Waals surface area contributed by atoms with Crippen LogP contribution in [-0.2, 0) is 23.7 Å². The molecule has 0 aromatic carbocycles. The molecule has 2 aliphatic rings. The summed E-state index contributed by atoms with van der Waals surface area (Å²) in [5.74, 6) is -0.688. The lowest BCUT2D eigenvalue weighted by Crippen LogP contribution is -2.27. The van der Waals surface area contributed by atoms with Gasteiger partial charge in [-0.3, -0.25) is 0 Å². The average Bonchev–Trinajstić information content (AvgIpc) is 2.74. The van der Waals surface area contributed by atoms with Crippen molar-refractivity contribution in [1.82, 2.24) is 0 Å². The van der Waals surface area contributed by atoms with Gasteiger partial charge >= 0.3 is 5.97 Å². The zero-order chi connectivity index (χ0) is 13.3. The number of esters is 1. The Morgan fingerprint density at radius 2 is 2.22 bits per heavy atom. The van der Waals surface area contributed by atoms with E-state index in [-0.39, 0.29) is 18.3 Å². The van der Waals surface area contributed by atoms with E-state index in [9.17, 15) is 4.79 Å². The van der Waals surface area contributed by atoms with Crippen LogP contribution in [0.15, 0.2) is 24.5 Å². The summed E-state index contributed by atoms with van der Waals surface area (Å²) in [6.45, 7) is 9.42. The Kier molecular flexibility index (Phi) is 3.45. The summed E-state index contributed by atoms with van der Waals surface area (Å²) in [5, 5.41) is 0. The predicted octanol–water partition coefficient (Wildman–Crippen LogP) is 1.54. The van der Waals surface area contributed by atoms with Crippen molar-refractivity contribution in [3.05, 3.63) is 24.5 Å². The van der Waals surface area contributed by atoms with Crippen molar-refractivity contribution in [3.8, 4) is 0 Å². The average molecular weight is 254 g/mol. The van der Waals surface area contributed by atoms with Crippen LogP contribution >= 0.6 is 0 Å². The summed E-state index contributed by atoms with van der Waals surface area (Å²) in [7, 11) is 0. The number of rotatable bonds is 3. The van der Waals surface area contributed by atoms with Gasteiger partial charge in [0.25, 0.3) is 0 Å². The second kappa shape index (κ2) is 4.74. The number of hydrogen-bond acceptors (Lipinski definition) is 5. The van der Waals surface area contributed by atoms with Crippen LogP contribution in [-0.4, -0.2) is 36.7 Å². The molecule has 2 heterocycles. The summed E-state index contributed by atoms with van der Waals surface area (Å²) in [6.07, 6.45) is 2.01. The highest BCUT2D eigenvalue weighted by molar-refractivity contribution is 5.82. The minimum Gasteiger partial charge on any atom is -0.485 e. The lowest BCUT2D eigenvalue weighted by atomic mass is 10.1. The molecule has 5 heteroatoms. The fourth-order valence-corrected chi connectivity index (χ4v) is 2.14. The number of hydrogen-bond donors (Lipinski definition) is 0. The summed E-state index contributed by atoms with van der Waals surface area (Å²) < 4.78 is 21.9. The summed E-state index contributed by atoms with van der Waals surface area (Å²) >= 11 is 0. The molecule has 0 spiro atoms. The molecule has 0 amide bonds. The summed E-state index contributed by atoms with van der Waals surface area (Å²) in [5.41, 5.74) is 0. The highest BCUT2D eigenvalue weighted by Crippen LogP contribution is 2.40. The molecule has 0 saturated carbocycles. The molecule has 2 aliphatic heterocycles. The van der Waals surface area contributed by atoms with Crippen LogP contribution in [0.25, 0.3) is 0 Å². The first-order chi connectivity index (χ1) is 8.46. The maximum atomic E-state index is 11.4. The maximum Gasteiger partial charge on any atom is 0.334 e. The van der Waals surface area contributed by atoms with Gasteiger partial charge in [0.2, 0.25) is 0 Å². The van der Waals surface area contributed by atoms with E-state index in [1.807, 2.05) is 13.8 Å². The predicted molar refractivity (Wildman–Crippen MR) is 63.6 cm³/mol. The van der Waals surface area contributed by atoms with Crippen LogP contribution in [0.1, 0.15) is 20.8 Å². The summed E-state index contributed by atoms with van der Waals surface area (Å²) in [4.78, 5) is 11.4. The normalized spacial score (nSPS) is 35.1. The molecule has 2 saturated heterocycles. The molecule has 18 heavy (non-hydrogen) atoms. The van der Waals surface area contributed by atoms with Crippen LogP contribution in [0, 0.1) is 0 Å². The van der Waals surface area contributed by atoms with E-state index in [2.05, 4.69) is 6.58 Å². The van der Waals surface area contributed by atoms with E-state index in [1.165, 1.54) is 6.08 Å². The van der Waals surface area contributed by atoms with E-state index < -0.39 is 11.8 Å². The zero-order valence-corrected chi connectivity index (χ0v) is 10.8. The third kappa shape index (κ3) is 2.42.